The van der Waals surface area contributed by atoms with Gasteiger partial charge in [0.2, 0.25) is 12.7 Å². The summed E-state index contributed by atoms with van der Waals surface area (Å²) in [4.78, 5) is 19.7. The number of amides is 1. The molecule has 4 heterocycles. The van der Waals surface area contributed by atoms with Crippen LogP contribution in [0, 0.1) is 20.8 Å². The number of rotatable bonds is 7. The molecule has 2 N–H and O–H groups in total. The largest absolute Gasteiger partial charge is 0.454 e. The maximum Gasteiger partial charge on any atom is 0.231 e. The van der Waals surface area contributed by atoms with Crippen LogP contribution in [-0.2, 0) is 4.79 Å². The summed E-state index contributed by atoms with van der Waals surface area (Å²) < 4.78 is 13.4. The van der Waals surface area contributed by atoms with Gasteiger partial charge in [-0.3, -0.25) is 9.78 Å². The van der Waals surface area contributed by atoms with E-state index in [4.69, 9.17) is 21.7 Å². The first kappa shape index (κ1) is 25.9. The van der Waals surface area contributed by atoms with E-state index in [0.717, 1.165) is 51.1 Å². The molecule has 1 amide bonds. The average Bonchev–Trinajstić information content (AvgIpc) is 3.63. The van der Waals surface area contributed by atoms with E-state index in [2.05, 4.69) is 45.0 Å². The zero-order valence-electron chi connectivity index (χ0n) is 22.7. The highest BCUT2D eigenvalue weighted by molar-refractivity contribution is 7.80. The van der Waals surface area contributed by atoms with Crippen LogP contribution in [-0.4, -0.2) is 38.8 Å². The number of anilines is 1. The summed E-state index contributed by atoms with van der Waals surface area (Å²) in [5.41, 5.74) is 7.12. The molecule has 2 aliphatic heterocycles. The molecule has 0 aliphatic carbocycles. The molecule has 6 rings (SSSR count). The average molecular weight is 554 g/mol. The van der Waals surface area contributed by atoms with Crippen LogP contribution in [0.4, 0.5) is 5.69 Å². The van der Waals surface area contributed by atoms with Crippen molar-refractivity contribution in [2.24, 2.45) is 0 Å². The number of carbonyl (C=O) groups is 1. The second-order valence-corrected chi connectivity index (χ2v) is 10.6. The second kappa shape index (κ2) is 10.7. The number of nitrogens with one attached hydrogen (secondary N) is 2. The minimum absolute atomic E-state index is 0.0579. The standard InChI is InChI=1S/C31H31N5O3S/c1-19-7-9-22(10-8-19)33-28(37)13-15-35-30(29(34-31(35)40)25-6-4-5-14-32-25)24-16-20(2)36(21(24)3)23-11-12-26-27(17-23)39-18-38-26/h4-12,14,16-17,29-30H,13,15,18H2,1-3H3,(H,33,37)(H,34,40). The van der Waals surface area contributed by atoms with E-state index in [0.29, 0.717) is 18.1 Å². The molecule has 2 aromatic carbocycles. The Bertz CT molecular complexity index is 1570. The van der Waals surface area contributed by atoms with Crippen molar-refractivity contribution in [3.8, 4) is 17.2 Å². The molecule has 0 saturated carbocycles. The first-order valence-electron chi connectivity index (χ1n) is 13.3. The number of fused-ring (bicyclic) bond motifs is 1. The molecule has 0 spiro atoms. The van der Waals surface area contributed by atoms with Gasteiger partial charge in [0, 0.05) is 48.0 Å². The molecular weight excluding hydrogens is 522 g/mol. The molecule has 1 saturated heterocycles. The predicted octanol–water partition coefficient (Wildman–Crippen LogP) is 5.53. The third-order valence-corrected chi connectivity index (χ3v) is 7.87. The van der Waals surface area contributed by atoms with Crippen LogP contribution in [0.2, 0.25) is 0 Å². The van der Waals surface area contributed by atoms with Gasteiger partial charge in [0.1, 0.15) is 0 Å². The number of aromatic nitrogens is 2. The van der Waals surface area contributed by atoms with Gasteiger partial charge < -0.3 is 29.6 Å². The van der Waals surface area contributed by atoms with Gasteiger partial charge in [-0.1, -0.05) is 23.8 Å². The Morgan fingerprint density at radius 3 is 2.62 bits per heavy atom. The smallest absolute Gasteiger partial charge is 0.231 e. The van der Waals surface area contributed by atoms with E-state index in [9.17, 15) is 4.79 Å². The molecule has 9 heteroatoms. The van der Waals surface area contributed by atoms with Crippen LogP contribution in [0.5, 0.6) is 11.5 Å². The van der Waals surface area contributed by atoms with Gasteiger partial charge in [0.25, 0.3) is 0 Å². The Labute approximate surface area is 238 Å². The van der Waals surface area contributed by atoms with E-state index < -0.39 is 0 Å². The second-order valence-electron chi connectivity index (χ2n) is 10.2. The van der Waals surface area contributed by atoms with E-state index >= 15 is 0 Å². The maximum absolute atomic E-state index is 12.9. The molecule has 4 aromatic rings. The first-order chi connectivity index (χ1) is 19.4. The molecule has 0 radical (unpaired) electrons. The molecule has 204 valence electrons. The number of thiocarbonyl (C=S) groups is 1. The van der Waals surface area contributed by atoms with Crippen molar-refractivity contribution in [2.75, 3.05) is 18.7 Å². The third-order valence-electron chi connectivity index (χ3n) is 7.52. The SMILES string of the molecule is Cc1ccc(NC(=O)CCN2C(=S)NC(c3ccccn3)C2c2cc(C)n(-c3ccc4c(c3)OCO4)c2C)cc1. The Balaban J connectivity index is 1.32. The van der Waals surface area contributed by atoms with Crippen LogP contribution in [0.3, 0.4) is 0 Å². The molecule has 1 fully saturated rings. The highest BCUT2D eigenvalue weighted by atomic mass is 32.1. The summed E-state index contributed by atoms with van der Waals surface area (Å²) in [6.07, 6.45) is 2.09. The highest BCUT2D eigenvalue weighted by Gasteiger charge is 2.41. The van der Waals surface area contributed by atoms with E-state index in [1.54, 1.807) is 6.20 Å². The molecule has 0 bridgehead atoms. The molecule has 40 heavy (non-hydrogen) atoms. The number of aryl methyl sites for hydroxylation is 2. The van der Waals surface area contributed by atoms with Crippen LogP contribution >= 0.6 is 12.2 Å². The van der Waals surface area contributed by atoms with Crippen LogP contribution < -0.4 is 20.1 Å². The summed E-state index contributed by atoms with van der Waals surface area (Å²) in [6.45, 7) is 6.93. The van der Waals surface area contributed by atoms with Gasteiger partial charge in [-0.15, -0.1) is 0 Å². The summed E-state index contributed by atoms with van der Waals surface area (Å²) in [7, 11) is 0. The summed E-state index contributed by atoms with van der Waals surface area (Å²) in [6, 6.07) is 21.6. The van der Waals surface area contributed by atoms with Gasteiger partial charge >= 0.3 is 0 Å². The fourth-order valence-corrected chi connectivity index (χ4v) is 5.91. The van der Waals surface area contributed by atoms with Gasteiger partial charge in [0.05, 0.1) is 17.8 Å². The van der Waals surface area contributed by atoms with Crippen molar-refractivity contribution in [3.63, 3.8) is 0 Å². The Morgan fingerprint density at radius 2 is 1.85 bits per heavy atom. The minimum Gasteiger partial charge on any atom is -0.454 e. The first-order valence-corrected chi connectivity index (χ1v) is 13.7. The van der Waals surface area contributed by atoms with Crippen molar-refractivity contribution in [1.82, 2.24) is 19.8 Å². The Morgan fingerprint density at radius 1 is 1.05 bits per heavy atom. The quantitative estimate of drug-likeness (QED) is 0.292. The topological polar surface area (TPSA) is 80.7 Å². The molecule has 2 unspecified atom stereocenters. The van der Waals surface area contributed by atoms with Crippen molar-refractivity contribution in [2.45, 2.75) is 39.3 Å². The number of carbonyl (C=O) groups excluding carboxylic acids is 1. The van der Waals surface area contributed by atoms with Gasteiger partial charge in [-0.2, -0.15) is 0 Å². The lowest BCUT2D eigenvalue weighted by Gasteiger charge is -2.28. The minimum atomic E-state index is -0.167. The van der Waals surface area contributed by atoms with Crippen molar-refractivity contribution < 1.29 is 14.3 Å². The van der Waals surface area contributed by atoms with E-state index in [-0.39, 0.29) is 24.8 Å². The lowest BCUT2D eigenvalue weighted by atomic mass is 9.96. The molecule has 2 aliphatic rings. The van der Waals surface area contributed by atoms with Crippen molar-refractivity contribution in [1.29, 1.82) is 0 Å². The summed E-state index contributed by atoms with van der Waals surface area (Å²) in [5.74, 6) is 1.43. The fraction of sp³-hybridized carbons (Fsp3) is 0.258. The lowest BCUT2D eigenvalue weighted by Crippen LogP contribution is -2.32. The number of nitrogens with zero attached hydrogens (tertiary/aromatic N) is 3. The zero-order chi connectivity index (χ0) is 27.8. The zero-order valence-corrected chi connectivity index (χ0v) is 23.5. The number of ether oxygens (including phenoxy) is 2. The normalized spacial score (nSPS) is 17.7. The van der Waals surface area contributed by atoms with Gasteiger partial charge in [-0.25, -0.2) is 0 Å². The van der Waals surface area contributed by atoms with E-state index in [1.807, 2.05) is 67.6 Å². The lowest BCUT2D eigenvalue weighted by molar-refractivity contribution is -0.116. The van der Waals surface area contributed by atoms with Crippen LogP contribution in [0.1, 0.15) is 46.7 Å². The molecule has 2 atom stereocenters. The number of hydrogen-bond donors (Lipinski definition) is 2. The molecular formula is C31H31N5O3S. The number of hydrogen-bond acceptors (Lipinski definition) is 5. The molecule has 2 aromatic heterocycles. The summed E-state index contributed by atoms with van der Waals surface area (Å²) >= 11 is 5.84. The van der Waals surface area contributed by atoms with Crippen LogP contribution in [0.25, 0.3) is 5.69 Å². The van der Waals surface area contributed by atoms with E-state index in [1.165, 1.54) is 0 Å². The van der Waals surface area contributed by atoms with Gasteiger partial charge in [-0.05, 0) is 81.0 Å². The monoisotopic (exact) mass is 553 g/mol. The maximum atomic E-state index is 12.9. The molecule has 8 nitrogen and oxygen atoms in total. The van der Waals surface area contributed by atoms with Crippen molar-refractivity contribution in [3.05, 3.63) is 101 Å². The fourth-order valence-electron chi connectivity index (χ4n) is 5.58. The third kappa shape index (κ3) is 4.88. The summed E-state index contributed by atoms with van der Waals surface area (Å²) in [5, 5.41) is 7.11. The highest BCUT2D eigenvalue weighted by Crippen LogP contribution is 2.42. The Hall–Kier alpha value is -4.37. The Kier molecular flexibility index (Phi) is 6.89. The number of benzene rings is 2. The van der Waals surface area contributed by atoms with Crippen LogP contribution in [0.15, 0.2) is 72.9 Å². The van der Waals surface area contributed by atoms with Crippen molar-refractivity contribution >= 4 is 28.9 Å². The predicted molar refractivity (Wildman–Crippen MR) is 158 cm³/mol. The van der Waals surface area contributed by atoms with Gasteiger partial charge in [0.15, 0.2) is 16.6 Å². The number of pyridine rings is 1.